The first-order valence-corrected chi connectivity index (χ1v) is 7.69. The topological polar surface area (TPSA) is 39.1 Å². The van der Waals surface area contributed by atoms with E-state index in [1.165, 1.54) is 5.56 Å². The van der Waals surface area contributed by atoms with Gasteiger partial charge in [-0.3, -0.25) is 0 Å². The first-order valence-electron chi connectivity index (χ1n) is 7.69. The number of nitrogens with one attached hydrogen (secondary N) is 1. The van der Waals surface area contributed by atoms with E-state index in [1.54, 1.807) is 7.11 Å². The second-order valence-corrected chi connectivity index (χ2v) is 5.15. The van der Waals surface area contributed by atoms with Gasteiger partial charge in [-0.25, -0.2) is 4.98 Å². The standard InChI is InChI=1S/C17H25N3O/c1-4-8-18-13-15-12-14(6-7-16(15)21-3)17-19-9-11-20(17)10-5-2/h6-7,9,11-12,18H,4-5,8,10,13H2,1-3H3. The lowest BCUT2D eigenvalue weighted by atomic mass is 10.1. The second-order valence-electron chi connectivity index (χ2n) is 5.15. The predicted octanol–water partition coefficient (Wildman–Crippen LogP) is 3.47. The van der Waals surface area contributed by atoms with Gasteiger partial charge in [0.25, 0.3) is 0 Å². The van der Waals surface area contributed by atoms with Crippen molar-refractivity contribution in [3.8, 4) is 17.1 Å². The normalized spacial score (nSPS) is 10.8. The molecule has 1 heterocycles. The number of hydrogen-bond acceptors (Lipinski definition) is 3. The molecule has 0 radical (unpaired) electrons. The number of imidazole rings is 1. The summed E-state index contributed by atoms with van der Waals surface area (Å²) in [5.74, 6) is 1.95. The van der Waals surface area contributed by atoms with Crippen molar-refractivity contribution in [1.82, 2.24) is 14.9 Å². The number of benzene rings is 1. The Hall–Kier alpha value is -1.81. The zero-order chi connectivity index (χ0) is 15.1. The number of aromatic nitrogens is 2. The minimum atomic E-state index is 0.819. The van der Waals surface area contributed by atoms with Crippen molar-refractivity contribution < 1.29 is 4.74 Å². The van der Waals surface area contributed by atoms with Crippen LogP contribution in [0.2, 0.25) is 0 Å². The lowest BCUT2D eigenvalue weighted by Gasteiger charge is -2.12. The monoisotopic (exact) mass is 287 g/mol. The SMILES string of the molecule is CCCNCc1cc(-c2nccn2CCC)ccc1OC. The molecule has 0 atom stereocenters. The Morgan fingerprint density at radius 3 is 2.81 bits per heavy atom. The molecule has 0 saturated carbocycles. The highest BCUT2D eigenvalue weighted by Gasteiger charge is 2.09. The van der Waals surface area contributed by atoms with Crippen LogP contribution in [0.15, 0.2) is 30.6 Å². The number of hydrogen-bond donors (Lipinski definition) is 1. The molecule has 0 fully saturated rings. The lowest BCUT2D eigenvalue weighted by Crippen LogP contribution is -2.14. The van der Waals surface area contributed by atoms with Crippen molar-refractivity contribution >= 4 is 0 Å². The van der Waals surface area contributed by atoms with Gasteiger partial charge >= 0.3 is 0 Å². The molecule has 4 heteroatoms. The van der Waals surface area contributed by atoms with E-state index in [2.05, 4.69) is 40.8 Å². The summed E-state index contributed by atoms with van der Waals surface area (Å²) in [6, 6.07) is 6.29. The van der Waals surface area contributed by atoms with Crippen molar-refractivity contribution in [2.75, 3.05) is 13.7 Å². The molecule has 0 saturated heterocycles. The zero-order valence-electron chi connectivity index (χ0n) is 13.2. The highest BCUT2D eigenvalue weighted by molar-refractivity contribution is 5.59. The average Bonchev–Trinajstić information content (AvgIpc) is 2.96. The van der Waals surface area contributed by atoms with Crippen LogP contribution in [0.1, 0.15) is 32.3 Å². The molecular weight excluding hydrogens is 262 g/mol. The number of nitrogens with zero attached hydrogens (tertiary/aromatic N) is 2. The van der Waals surface area contributed by atoms with Crippen LogP contribution in [-0.2, 0) is 13.1 Å². The predicted molar refractivity (Wildman–Crippen MR) is 86.5 cm³/mol. The molecule has 2 aromatic rings. The quantitative estimate of drug-likeness (QED) is 0.756. The summed E-state index contributed by atoms with van der Waals surface area (Å²) in [6.45, 7) is 7.17. The average molecular weight is 287 g/mol. The Balaban J connectivity index is 2.27. The van der Waals surface area contributed by atoms with E-state index in [1.807, 2.05) is 18.5 Å². The van der Waals surface area contributed by atoms with E-state index < -0.39 is 0 Å². The summed E-state index contributed by atoms with van der Waals surface area (Å²) in [5.41, 5.74) is 2.32. The van der Waals surface area contributed by atoms with Crippen LogP contribution in [0.25, 0.3) is 11.4 Å². The van der Waals surface area contributed by atoms with E-state index in [-0.39, 0.29) is 0 Å². The Labute approximate surface area is 127 Å². The van der Waals surface area contributed by atoms with Crippen LogP contribution in [-0.4, -0.2) is 23.2 Å². The molecular formula is C17H25N3O. The molecule has 4 nitrogen and oxygen atoms in total. The Morgan fingerprint density at radius 1 is 1.24 bits per heavy atom. The Kier molecular flexibility index (Phi) is 5.81. The number of aryl methyl sites for hydroxylation is 1. The number of rotatable bonds is 8. The molecule has 1 N–H and O–H groups in total. The summed E-state index contributed by atoms with van der Waals surface area (Å²) >= 11 is 0. The van der Waals surface area contributed by atoms with E-state index in [4.69, 9.17) is 4.74 Å². The molecule has 0 unspecified atom stereocenters. The van der Waals surface area contributed by atoms with Crippen molar-refractivity contribution in [3.63, 3.8) is 0 Å². The number of ether oxygens (including phenoxy) is 1. The fourth-order valence-electron chi connectivity index (χ4n) is 2.45. The van der Waals surface area contributed by atoms with Crippen molar-refractivity contribution in [2.45, 2.75) is 39.8 Å². The van der Waals surface area contributed by atoms with Crippen LogP contribution in [0.3, 0.4) is 0 Å². The van der Waals surface area contributed by atoms with Crippen LogP contribution in [0, 0.1) is 0 Å². The maximum absolute atomic E-state index is 5.46. The molecule has 1 aromatic carbocycles. The maximum atomic E-state index is 5.46. The third-order valence-electron chi connectivity index (χ3n) is 3.46. The van der Waals surface area contributed by atoms with Crippen LogP contribution in [0.4, 0.5) is 0 Å². The number of methoxy groups -OCH3 is 1. The van der Waals surface area contributed by atoms with Gasteiger partial charge in [0, 0.05) is 36.6 Å². The van der Waals surface area contributed by atoms with Crippen molar-refractivity contribution in [3.05, 3.63) is 36.2 Å². The first-order chi connectivity index (χ1) is 10.3. The van der Waals surface area contributed by atoms with Gasteiger partial charge in [-0.2, -0.15) is 0 Å². The molecule has 2 rings (SSSR count). The highest BCUT2D eigenvalue weighted by atomic mass is 16.5. The van der Waals surface area contributed by atoms with Gasteiger partial charge in [-0.05, 0) is 37.6 Å². The van der Waals surface area contributed by atoms with E-state index in [0.717, 1.165) is 49.6 Å². The summed E-state index contributed by atoms with van der Waals surface area (Å²) in [7, 11) is 1.72. The van der Waals surface area contributed by atoms with Gasteiger partial charge in [0.05, 0.1) is 7.11 Å². The van der Waals surface area contributed by atoms with E-state index in [9.17, 15) is 0 Å². The second kappa shape index (κ2) is 7.84. The molecule has 0 bridgehead atoms. The van der Waals surface area contributed by atoms with Gasteiger partial charge in [-0.1, -0.05) is 13.8 Å². The Bertz CT molecular complexity index is 563. The largest absolute Gasteiger partial charge is 0.496 e. The lowest BCUT2D eigenvalue weighted by molar-refractivity contribution is 0.408. The maximum Gasteiger partial charge on any atom is 0.139 e. The summed E-state index contributed by atoms with van der Waals surface area (Å²) < 4.78 is 7.66. The van der Waals surface area contributed by atoms with Crippen LogP contribution in [0.5, 0.6) is 5.75 Å². The minimum Gasteiger partial charge on any atom is -0.496 e. The third-order valence-corrected chi connectivity index (χ3v) is 3.46. The fraction of sp³-hybridized carbons (Fsp3) is 0.471. The minimum absolute atomic E-state index is 0.819. The molecule has 0 aliphatic rings. The smallest absolute Gasteiger partial charge is 0.139 e. The molecule has 21 heavy (non-hydrogen) atoms. The molecule has 0 aliphatic carbocycles. The van der Waals surface area contributed by atoms with Crippen LogP contribution < -0.4 is 10.1 Å². The first kappa shape index (κ1) is 15.6. The highest BCUT2D eigenvalue weighted by Crippen LogP contribution is 2.26. The van der Waals surface area contributed by atoms with E-state index in [0.29, 0.717) is 0 Å². The third kappa shape index (κ3) is 3.85. The van der Waals surface area contributed by atoms with Gasteiger partial charge < -0.3 is 14.6 Å². The molecule has 0 aliphatic heterocycles. The molecule has 0 amide bonds. The van der Waals surface area contributed by atoms with Gasteiger partial charge in [-0.15, -0.1) is 0 Å². The fourth-order valence-corrected chi connectivity index (χ4v) is 2.45. The van der Waals surface area contributed by atoms with Gasteiger partial charge in [0.2, 0.25) is 0 Å². The van der Waals surface area contributed by atoms with Gasteiger partial charge in [0.15, 0.2) is 0 Å². The van der Waals surface area contributed by atoms with Crippen molar-refractivity contribution in [1.29, 1.82) is 0 Å². The van der Waals surface area contributed by atoms with Crippen molar-refractivity contribution in [2.24, 2.45) is 0 Å². The molecule has 0 spiro atoms. The van der Waals surface area contributed by atoms with Gasteiger partial charge in [0.1, 0.15) is 11.6 Å². The summed E-state index contributed by atoms with van der Waals surface area (Å²) in [5, 5.41) is 3.43. The molecule has 1 aromatic heterocycles. The van der Waals surface area contributed by atoms with E-state index >= 15 is 0 Å². The molecule has 114 valence electrons. The zero-order valence-corrected chi connectivity index (χ0v) is 13.2. The van der Waals surface area contributed by atoms with Crippen LogP contribution >= 0.6 is 0 Å². The summed E-state index contributed by atoms with van der Waals surface area (Å²) in [6.07, 6.45) is 6.13. The summed E-state index contributed by atoms with van der Waals surface area (Å²) in [4.78, 5) is 4.50. The Morgan fingerprint density at radius 2 is 2.10 bits per heavy atom.